The van der Waals surface area contributed by atoms with Crippen LogP contribution in [-0.4, -0.2) is 38.8 Å². The van der Waals surface area contributed by atoms with Crippen molar-refractivity contribution in [3.05, 3.63) is 88.8 Å². The number of carboxylic acids is 1. The average Bonchev–Trinajstić information content (AvgIpc) is 3.54. The van der Waals surface area contributed by atoms with E-state index in [2.05, 4.69) is 65.6 Å². The van der Waals surface area contributed by atoms with E-state index in [4.69, 9.17) is 17.3 Å². The molecule has 2 aliphatic heterocycles. The molecule has 180 valence electrons. The molecule has 1 amide bonds. The fraction of sp³-hybridized carbons (Fsp3) is 0.207. The first kappa shape index (κ1) is 23.0. The largest absolute Gasteiger partial charge is 0.480 e. The second-order valence-electron chi connectivity index (χ2n) is 9.37. The summed E-state index contributed by atoms with van der Waals surface area (Å²) in [4.78, 5) is 27.9. The van der Waals surface area contributed by atoms with Crippen molar-refractivity contribution in [2.45, 2.75) is 31.2 Å². The number of hydrogen-bond donors (Lipinski definition) is 1. The molecule has 2 atom stereocenters. The molecule has 36 heavy (non-hydrogen) atoms. The van der Waals surface area contributed by atoms with E-state index in [-0.39, 0.29) is 10.2 Å². The van der Waals surface area contributed by atoms with Gasteiger partial charge in [-0.05, 0) is 65.4 Å². The molecule has 6 rings (SSSR count). The first-order chi connectivity index (χ1) is 17.5. The molecule has 0 aromatic heterocycles. The van der Waals surface area contributed by atoms with Crippen LogP contribution < -0.4 is 4.90 Å². The zero-order valence-electron chi connectivity index (χ0n) is 19.5. The minimum absolute atomic E-state index is 0.288. The number of nitrogens with zero attached hydrogens (tertiary/aromatic N) is 2. The number of anilines is 2. The topological polar surface area (TPSA) is 60.9 Å². The summed E-state index contributed by atoms with van der Waals surface area (Å²) >= 11 is 6.40. The number of aliphatic carboxylic acids is 1. The lowest BCUT2D eigenvalue weighted by molar-refractivity contribution is -0.140. The third-order valence-corrected chi connectivity index (χ3v) is 8.62. The van der Waals surface area contributed by atoms with Crippen LogP contribution in [-0.2, 0) is 9.59 Å². The van der Waals surface area contributed by atoms with Gasteiger partial charge in [0.1, 0.15) is 10.9 Å². The quantitative estimate of drug-likeness (QED) is 0.314. The van der Waals surface area contributed by atoms with Gasteiger partial charge in [-0.25, -0.2) is 0 Å². The smallest absolute Gasteiger partial charge is 0.323 e. The standard InChI is InChI=1S/C29H24N2O3S2/c32-27(33)17-30-28(34)26(36-29(30)35)16-18-9-14-25-23(15-18)22-7-4-8-24(22)31(25)21-12-10-20(11-13-21)19-5-2-1-3-6-19/h1-3,5-6,9-16,22,24H,4,7-8,17H2,(H,32,33)/b26-16-. The third kappa shape index (κ3) is 4.02. The van der Waals surface area contributed by atoms with E-state index < -0.39 is 12.5 Å². The zero-order chi connectivity index (χ0) is 24.8. The molecule has 0 radical (unpaired) electrons. The van der Waals surface area contributed by atoms with Gasteiger partial charge in [-0.2, -0.15) is 0 Å². The lowest BCUT2D eigenvalue weighted by Gasteiger charge is -2.27. The number of thioether (sulfide) groups is 1. The van der Waals surface area contributed by atoms with Crippen LogP contribution in [0.1, 0.15) is 36.3 Å². The Labute approximate surface area is 219 Å². The van der Waals surface area contributed by atoms with E-state index in [1.807, 2.05) is 18.2 Å². The molecule has 1 saturated carbocycles. The summed E-state index contributed by atoms with van der Waals surface area (Å²) in [6.07, 6.45) is 5.34. The summed E-state index contributed by atoms with van der Waals surface area (Å²) in [6.45, 7) is -0.409. The summed E-state index contributed by atoms with van der Waals surface area (Å²) in [5.41, 5.74) is 7.11. The second-order valence-corrected chi connectivity index (χ2v) is 11.0. The number of hydrogen-bond acceptors (Lipinski definition) is 5. The van der Waals surface area contributed by atoms with E-state index in [1.165, 1.54) is 34.5 Å². The molecule has 3 aromatic rings. The number of fused-ring (bicyclic) bond motifs is 3. The van der Waals surface area contributed by atoms with E-state index in [1.54, 1.807) is 0 Å². The van der Waals surface area contributed by atoms with Crippen molar-refractivity contribution in [1.29, 1.82) is 0 Å². The summed E-state index contributed by atoms with van der Waals surface area (Å²) < 4.78 is 0.288. The van der Waals surface area contributed by atoms with Crippen LogP contribution in [0.3, 0.4) is 0 Å². The second kappa shape index (κ2) is 9.22. The maximum absolute atomic E-state index is 12.7. The maximum Gasteiger partial charge on any atom is 0.323 e. The van der Waals surface area contributed by atoms with Gasteiger partial charge in [-0.1, -0.05) is 78.9 Å². The van der Waals surface area contributed by atoms with Crippen LogP contribution in [0.15, 0.2) is 77.7 Å². The van der Waals surface area contributed by atoms with Gasteiger partial charge in [0.2, 0.25) is 0 Å². The molecule has 5 nitrogen and oxygen atoms in total. The summed E-state index contributed by atoms with van der Waals surface area (Å²) in [5.74, 6) is -0.954. The van der Waals surface area contributed by atoms with E-state index >= 15 is 0 Å². The SMILES string of the molecule is O=C(O)CN1C(=O)/C(=C/c2ccc3c(c2)C2CCCC2N3c2ccc(-c3ccccc3)cc2)SC1=S. The number of carboxylic acid groups (broad SMARTS) is 1. The first-order valence-electron chi connectivity index (χ1n) is 12.1. The Morgan fingerprint density at radius 2 is 1.78 bits per heavy atom. The molecule has 2 heterocycles. The first-order valence-corrected chi connectivity index (χ1v) is 13.3. The Kier molecular flexibility index (Phi) is 5.90. The van der Waals surface area contributed by atoms with Crippen LogP contribution >= 0.6 is 24.0 Å². The van der Waals surface area contributed by atoms with Gasteiger partial charge in [-0.15, -0.1) is 0 Å². The molecule has 0 bridgehead atoms. The highest BCUT2D eigenvalue weighted by atomic mass is 32.2. The minimum atomic E-state index is -1.07. The van der Waals surface area contributed by atoms with Crippen LogP contribution in [0.25, 0.3) is 17.2 Å². The number of carbonyl (C=O) groups excluding carboxylic acids is 1. The fourth-order valence-corrected chi connectivity index (χ4v) is 6.92. The average molecular weight is 513 g/mol. The van der Waals surface area contributed by atoms with Crippen molar-refractivity contribution in [1.82, 2.24) is 4.90 Å². The maximum atomic E-state index is 12.7. The van der Waals surface area contributed by atoms with Gasteiger partial charge in [0.05, 0.1) is 4.91 Å². The van der Waals surface area contributed by atoms with Gasteiger partial charge in [0.15, 0.2) is 0 Å². The molecule has 3 aromatic carbocycles. The number of carbonyl (C=O) groups is 2. The van der Waals surface area contributed by atoms with E-state index in [0.717, 1.165) is 35.1 Å². The van der Waals surface area contributed by atoms with Crippen molar-refractivity contribution < 1.29 is 14.7 Å². The Morgan fingerprint density at radius 1 is 1.03 bits per heavy atom. The highest BCUT2D eigenvalue weighted by Crippen LogP contribution is 2.52. The minimum Gasteiger partial charge on any atom is -0.480 e. The third-order valence-electron chi connectivity index (χ3n) is 7.24. The summed E-state index contributed by atoms with van der Waals surface area (Å²) in [7, 11) is 0. The molecular formula is C29H24N2O3S2. The molecule has 1 N–H and O–H groups in total. The predicted octanol–water partition coefficient (Wildman–Crippen LogP) is 6.43. The van der Waals surface area contributed by atoms with Gasteiger partial charge in [0, 0.05) is 23.3 Å². The predicted molar refractivity (Wildman–Crippen MR) is 148 cm³/mol. The van der Waals surface area contributed by atoms with Crippen molar-refractivity contribution >= 4 is 57.6 Å². The number of thiocarbonyl (C=S) groups is 1. The van der Waals surface area contributed by atoms with Gasteiger partial charge in [0.25, 0.3) is 5.91 Å². The number of amides is 1. The highest BCUT2D eigenvalue weighted by molar-refractivity contribution is 8.26. The van der Waals surface area contributed by atoms with Crippen molar-refractivity contribution in [2.24, 2.45) is 0 Å². The Bertz CT molecular complexity index is 1400. The Morgan fingerprint density at radius 3 is 2.53 bits per heavy atom. The lowest BCUT2D eigenvalue weighted by Crippen LogP contribution is -2.33. The lowest BCUT2D eigenvalue weighted by atomic mass is 9.96. The van der Waals surface area contributed by atoms with Crippen LogP contribution in [0.2, 0.25) is 0 Å². The molecule has 1 aliphatic carbocycles. The summed E-state index contributed by atoms with van der Waals surface area (Å²) in [5, 5.41) is 9.08. The molecule has 3 aliphatic rings. The van der Waals surface area contributed by atoms with Gasteiger partial charge >= 0.3 is 5.97 Å². The van der Waals surface area contributed by atoms with E-state index in [0.29, 0.717) is 16.9 Å². The molecule has 0 spiro atoms. The van der Waals surface area contributed by atoms with Gasteiger partial charge in [-0.3, -0.25) is 14.5 Å². The zero-order valence-corrected chi connectivity index (χ0v) is 21.1. The number of benzene rings is 3. The molecule has 2 fully saturated rings. The Balaban J connectivity index is 1.31. The fourth-order valence-electron chi connectivity index (χ4n) is 5.67. The van der Waals surface area contributed by atoms with Crippen LogP contribution in [0.4, 0.5) is 11.4 Å². The normalized spacial score (nSPS) is 21.8. The Hall–Kier alpha value is -3.42. The number of rotatable bonds is 5. The summed E-state index contributed by atoms with van der Waals surface area (Å²) in [6, 6.07) is 26.1. The van der Waals surface area contributed by atoms with Crippen molar-refractivity contribution in [3.63, 3.8) is 0 Å². The van der Waals surface area contributed by atoms with Crippen LogP contribution in [0.5, 0.6) is 0 Å². The highest BCUT2D eigenvalue weighted by Gasteiger charge is 2.42. The molecule has 7 heteroatoms. The van der Waals surface area contributed by atoms with Crippen molar-refractivity contribution in [2.75, 3.05) is 11.4 Å². The van der Waals surface area contributed by atoms with Crippen LogP contribution in [0, 0.1) is 0 Å². The molecule has 1 saturated heterocycles. The van der Waals surface area contributed by atoms with Gasteiger partial charge < -0.3 is 10.0 Å². The van der Waals surface area contributed by atoms with E-state index in [9.17, 15) is 9.59 Å². The molecule has 2 unspecified atom stereocenters. The molecular weight excluding hydrogens is 488 g/mol. The van der Waals surface area contributed by atoms with Crippen molar-refractivity contribution in [3.8, 4) is 11.1 Å². The monoisotopic (exact) mass is 512 g/mol.